The van der Waals surface area contributed by atoms with Crippen molar-refractivity contribution >= 4 is 33.2 Å². The Morgan fingerprint density at radius 2 is 1.70 bits per heavy atom. The van der Waals surface area contributed by atoms with Crippen molar-refractivity contribution in [3.05, 3.63) is 93.5 Å². The van der Waals surface area contributed by atoms with Crippen molar-refractivity contribution in [2.45, 2.75) is 58.5 Å². The molecule has 0 unspecified atom stereocenters. The first-order chi connectivity index (χ1) is 20.8. The van der Waals surface area contributed by atoms with Crippen molar-refractivity contribution in [3.8, 4) is 5.75 Å². The number of hydrogen-bond acceptors (Lipinski definition) is 7. The van der Waals surface area contributed by atoms with Crippen LogP contribution in [0.1, 0.15) is 43.9 Å². The number of nitro groups is 1. The van der Waals surface area contributed by atoms with Crippen LogP contribution in [0.5, 0.6) is 5.75 Å². The van der Waals surface area contributed by atoms with E-state index in [0.717, 1.165) is 21.5 Å². The molecule has 0 saturated carbocycles. The van der Waals surface area contributed by atoms with E-state index in [9.17, 15) is 28.1 Å². The minimum absolute atomic E-state index is 0.0701. The third kappa shape index (κ3) is 8.34. The van der Waals surface area contributed by atoms with E-state index in [4.69, 9.17) is 4.74 Å². The molecule has 44 heavy (non-hydrogen) atoms. The van der Waals surface area contributed by atoms with Gasteiger partial charge in [-0.25, -0.2) is 8.42 Å². The molecule has 3 aromatic rings. The molecule has 3 aromatic carbocycles. The van der Waals surface area contributed by atoms with Crippen molar-refractivity contribution < 1.29 is 27.7 Å². The van der Waals surface area contributed by atoms with Crippen molar-refractivity contribution in [2.24, 2.45) is 5.92 Å². The molecular formula is C32H40N4O7S. The smallest absolute Gasteiger partial charge is 0.273 e. The molecule has 0 radical (unpaired) electrons. The third-order valence-electron chi connectivity index (χ3n) is 7.11. The Labute approximate surface area is 259 Å². The van der Waals surface area contributed by atoms with Crippen LogP contribution in [0.3, 0.4) is 0 Å². The number of rotatable bonds is 14. The highest BCUT2D eigenvalue weighted by atomic mass is 32.2. The summed E-state index contributed by atoms with van der Waals surface area (Å²) in [4.78, 5) is 39.6. The number of ether oxygens (including phenoxy) is 1. The number of hydrogen-bond donors (Lipinski definition) is 1. The van der Waals surface area contributed by atoms with Crippen LogP contribution in [0.25, 0.3) is 0 Å². The molecule has 3 rings (SSSR count). The Bertz CT molecular complexity index is 1590. The average molecular weight is 625 g/mol. The molecule has 0 fully saturated rings. The maximum Gasteiger partial charge on any atom is 0.273 e. The van der Waals surface area contributed by atoms with Crippen molar-refractivity contribution in [1.82, 2.24) is 10.2 Å². The summed E-state index contributed by atoms with van der Waals surface area (Å²) in [6, 6.07) is 16.4. The topological polar surface area (TPSA) is 139 Å². The van der Waals surface area contributed by atoms with E-state index in [-0.39, 0.29) is 34.6 Å². The number of carbonyl (C=O) groups is 2. The summed E-state index contributed by atoms with van der Waals surface area (Å²) < 4.78 is 34.3. The van der Waals surface area contributed by atoms with Crippen LogP contribution < -0.4 is 14.4 Å². The minimum atomic E-state index is -4.49. The zero-order valence-electron chi connectivity index (χ0n) is 25.9. The highest BCUT2D eigenvalue weighted by Crippen LogP contribution is 2.29. The summed E-state index contributed by atoms with van der Waals surface area (Å²) >= 11 is 0. The normalized spacial score (nSPS) is 12.0. The Morgan fingerprint density at radius 3 is 2.27 bits per heavy atom. The van der Waals surface area contributed by atoms with Crippen LogP contribution in [0, 0.1) is 29.9 Å². The molecule has 11 nitrogen and oxygen atoms in total. The molecule has 236 valence electrons. The molecule has 0 aliphatic rings. The lowest BCUT2D eigenvalue weighted by Crippen LogP contribution is -2.52. The maximum absolute atomic E-state index is 14.2. The van der Waals surface area contributed by atoms with Gasteiger partial charge in [0.15, 0.2) is 0 Å². The van der Waals surface area contributed by atoms with E-state index in [1.165, 1.54) is 43.2 Å². The average Bonchev–Trinajstić information content (AvgIpc) is 2.98. The number of anilines is 1. The molecule has 2 amide bonds. The Hall–Kier alpha value is -4.45. The second-order valence-electron chi connectivity index (χ2n) is 11.0. The second-order valence-corrected chi connectivity index (χ2v) is 12.9. The number of methoxy groups -OCH3 is 1. The van der Waals surface area contributed by atoms with Gasteiger partial charge in [-0.05, 0) is 62.1 Å². The second kappa shape index (κ2) is 14.8. The fourth-order valence-corrected chi connectivity index (χ4v) is 6.13. The van der Waals surface area contributed by atoms with Gasteiger partial charge >= 0.3 is 0 Å². The number of benzene rings is 3. The predicted molar refractivity (Wildman–Crippen MR) is 169 cm³/mol. The standard InChI is InChI=1S/C32H40N4O7S/c1-7-29(32(38)33-19-22(2)3)34(20-25-10-8-9-23(4)17-25)31(37)21-35(26-12-14-27(43-6)15-13-26)44(41,42)28-16-11-24(5)30(18-28)36(39)40/h8-18,22,29H,7,19-21H2,1-6H3,(H,33,38)/t29-/m1/s1. The van der Waals surface area contributed by atoms with Crippen molar-refractivity contribution in [2.75, 3.05) is 24.5 Å². The molecule has 0 aromatic heterocycles. The van der Waals surface area contributed by atoms with Crippen LogP contribution in [-0.4, -0.2) is 56.3 Å². The molecule has 12 heteroatoms. The lowest BCUT2D eigenvalue weighted by Gasteiger charge is -2.33. The SMILES string of the molecule is CC[C@H](C(=O)NCC(C)C)N(Cc1cccc(C)c1)C(=O)CN(c1ccc(OC)cc1)S(=O)(=O)c1ccc(C)c([N+](=O)[O-])c1. The predicted octanol–water partition coefficient (Wildman–Crippen LogP) is 5.00. The number of nitrogens with zero attached hydrogens (tertiary/aromatic N) is 3. The summed E-state index contributed by atoms with van der Waals surface area (Å²) in [5, 5.41) is 14.5. The first kappa shape index (κ1) is 34.0. The largest absolute Gasteiger partial charge is 0.497 e. The summed E-state index contributed by atoms with van der Waals surface area (Å²) in [7, 11) is -3.02. The monoisotopic (exact) mass is 624 g/mol. The Kier molecular flexibility index (Phi) is 11.5. The maximum atomic E-state index is 14.2. The van der Waals surface area contributed by atoms with Crippen LogP contribution in [0.2, 0.25) is 0 Å². The van der Waals surface area contributed by atoms with E-state index in [0.29, 0.717) is 24.3 Å². The van der Waals surface area contributed by atoms with Gasteiger partial charge in [-0.3, -0.25) is 24.0 Å². The lowest BCUT2D eigenvalue weighted by atomic mass is 10.1. The van der Waals surface area contributed by atoms with Gasteiger partial charge in [0.05, 0.1) is 22.6 Å². The molecule has 0 aliphatic heterocycles. The first-order valence-electron chi connectivity index (χ1n) is 14.3. The number of nitrogens with one attached hydrogen (secondary N) is 1. The summed E-state index contributed by atoms with van der Waals surface area (Å²) in [6.45, 7) is 8.98. The van der Waals surface area contributed by atoms with E-state index >= 15 is 0 Å². The number of carbonyl (C=O) groups excluding carboxylic acids is 2. The summed E-state index contributed by atoms with van der Waals surface area (Å²) in [6.07, 6.45) is 0.293. The Morgan fingerprint density at radius 1 is 1.02 bits per heavy atom. The van der Waals surface area contributed by atoms with Gasteiger partial charge < -0.3 is 15.0 Å². The first-order valence-corrected chi connectivity index (χ1v) is 15.8. The highest BCUT2D eigenvalue weighted by molar-refractivity contribution is 7.92. The van der Waals surface area contributed by atoms with Crippen molar-refractivity contribution in [3.63, 3.8) is 0 Å². The van der Waals surface area contributed by atoms with Crippen LogP contribution in [0.15, 0.2) is 71.6 Å². The van der Waals surface area contributed by atoms with Gasteiger partial charge in [0.1, 0.15) is 18.3 Å². The zero-order chi connectivity index (χ0) is 32.6. The highest BCUT2D eigenvalue weighted by Gasteiger charge is 2.34. The molecular weight excluding hydrogens is 584 g/mol. The van der Waals surface area contributed by atoms with Gasteiger partial charge in [-0.2, -0.15) is 0 Å². The molecule has 0 heterocycles. The number of nitro benzene ring substituents is 1. The van der Waals surface area contributed by atoms with E-state index in [2.05, 4.69) is 5.32 Å². The molecule has 0 saturated heterocycles. The van der Waals surface area contributed by atoms with E-state index in [1.807, 2.05) is 45.0 Å². The molecule has 1 N–H and O–H groups in total. The fraction of sp³-hybridized carbons (Fsp3) is 0.375. The van der Waals surface area contributed by atoms with E-state index < -0.39 is 33.4 Å². The summed E-state index contributed by atoms with van der Waals surface area (Å²) in [5.74, 6) is -0.293. The van der Waals surface area contributed by atoms with Gasteiger partial charge in [-0.15, -0.1) is 0 Å². The quantitative estimate of drug-likeness (QED) is 0.197. The van der Waals surface area contributed by atoms with Gasteiger partial charge in [0, 0.05) is 24.7 Å². The molecule has 0 aliphatic carbocycles. The van der Waals surface area contributed by atoms with Crippen molar-refractivity contribution in [1.29, 1.82) is 0 Å². The third-order valence-corrected chi connectivity index (χ3v) is 8.88. The lowest BCUT2D eigenvalue weighted by molar-refractivity contribution is -0.385. The fourth-order valence-electron chi connectivity index (χ4n) is 4.70. The van der Waals surface area contributed by atoms with Crippen LogP contribution in [0.4, 0.5) is 11.4 Å². The number of amides is 2. The van der Waals surface area contributed by atoms with Crippen LogP contribution in [-0.2, 0) is 26.2 Å². The Balaban J connectivity index is 2.11. The molecule has 0 spiro atoms. The zero-order valence-corrected chi connectivity index (χ0v) is 26.8. The molecule has 1 atom stereocenters. The minimum Gasteiger partial charge on any atom is -0.497 e. The van der Waals surface area contributed by atoms with E-state index in [1.54, 1.807) is 19.1 Å². The van der Waals surface area contributed by atoms with Crippen LogP contribution >= 0.6 is 0 Å². The van der Waals surface area contributed by atoms with Gasteiger partial charge in [0.25, 0.3) is 15.7 Å². The number of aryl methyl sites for hydroxylation is 2. The molecule has 0 bridgehead atoms. The van der Waals surface area contributed by atoms with Gasteiger partial charge in [-0.1, -0.05) is 56.7 Å². The van der Waals surface area contributed by atoms with Gasteiger partial charge in [0.2, 0.25) is 11.8 Å². The summed E-state index contributed by atoms with van der Waals surface area (Å²) in [5.41, 5.74) is 1.83. The number of sulfonamides is 1.